The Labute approximate surface area is 102 Å². The highest BCUT2D eigenvalue weighted by atomic mass is 16.5. The highest BCUT2D eigenvalue weighted by Crippen LogP contribution is 2.23. The summed E-state index contributed by atoms with van der Waals surface area (Å²) in [6.07, 6.45) is 3.15. The Kier molecular flexibility index (Phi) is 4.12. The third kappa shape index (κ3) is 3.26. The third-order valence-corrected chi connectivity index (χ3v) is 3.15. The molecule has 17 heavy (non-hydrogen) atoms. The van der Waals surface area contributed by atoms with E-state index in [1.807, 2.05) is 0 Å². The largest absolute Gasteiger partial charge is 0.380 e. The highest BCUT2D eigenvalue weighted by Gasteiger charge is 2.29. The van der Waals surface area contributed by atoms with E-state index in [1.54, 1.807) is 7.11 Å². The normalized spacial score (nSPS) is 24.7. The molecule has 0 aromatic carbocycles. The SMILES string of the molecule is COC1CNC(c2nc(CCC(C)C)no2)C1. The van der Waals surface area contributed by atoms with Gasteiger partial charge in [0.1, 0.15) is 0 Å². The summed E-state index contributed by atoms with van der Waals surface area (Å²) < 4.78 is 10.6. The van der Waals surface area contributed by atoms with E-state index in [0.717, 1.165) is 31.6 Å². The fourth-order valence-electron chi connectivity index (χ4n) is 2.00. The Hall–Kier alpha value is -0.940. The third-order valence-electron chi connectivity index (χ3n) is 3.15. The Morgan fingerprint density at radius 1 is 1.53 bits per heavy atom. The number of rotatable bonds is 5. The molecule has 1 aromatic heterocycles. The van der Waals surface area contributed by atoms with E-state index in [-0.39, 0.29) is 12.1 Å². The molecule has 1 fully saturated rings. The summed E-state index contributed by atoms with van der Waals surface area (Å²) in [6.45, 7) is 5.25. The maximum absolute atomic E-state index is 5.30. The van der Waals surface area contributed by atoms with Crippen molar-refractivity contribution in [3.8, 4) is 0 Å². The topological polar surface area (TPSA) is 60.2 Å². The number of hydrogen-bond acceptors (Lipinski definition) is 5. The number of aryl methyl sites for hydroxylation is 1. The van der Waals surface area contributed by atoms with Crippen LogP contribution in [0.5, 0.6) is 0 Å². The van der Waals surface area contributed by atoms with Crippen LogP contribution in [0.3, 0.4) is 0 Å². The van der Waals surface area contributed by atoms with Gasteiger partial charge >= 0.3 is 0 Å². The summed E-state index contributed by atoms with van der Waals surface area (Å²) in [6, 6.07) is 0.153. The van der Waals surface area contributed by atoms with E-state index in [9.17, 15) is 0 Å². The lowest BCUT2D eigenvalue weighted by molar-refractivity contribution is 0.116. The molecule has 2 unspecified atom stereocenters. The molecule has 0 amide bonds. The van der Waals surface area contributed by atoms with Crippen LogP contribution in [0.1, 0.15) is 44.4 Å². The van der Waals surface area contributed by atoms with E-state index in [2.05, 4.69) is 29.3 Å². The van der Waals surface area contributed by atoms with Gasteiger partial charge in [0.2, 0.25) is 5.89 Å². The quantitative estimate of drug-likeness (QED) is 0.847. The number of aromatic nitrogens is 2. The van der Waals surface area contributed by atoms with E-state index in [4.69, 9.17) is 9.26 Å². The number of nitrogens with zero attached hydrogens (tertiary/aromatic N) is 2. The maximum Gasteiger partial charge on any atom is 0.243 e. The minimum Gasteiger partial charge on any atom is -0.380 e. The lowest BCUT2D eigenvalue weighted by Crippen LogP contribution is -2.16. The second kappa shape index (κ2) is 5.60. The van der Waals surface area contributed by atoms with E-state index in [0.29, 0.717) is 11.8 Å². The van der Waals surface area contributed by atoms with Crippen LogP contribution < -0.4 is 5.32 Å². The van der Waals surface area contributed by atoms with Crippen LogP contribution in [0, 0.1) is 5.92 Å². The average molecular weight is 239 g/mol. The molecular formula is C12H21N3O2. The van der Waals surface area contributed by atoms with Crippen LogP contribution in [0.4, 0.5) is 0 Å². The van der Waals surface area contributed by atoms with E-state index in [1.165, 1.54) is 0 Å². The van der Waals surface area contributed by atoms with Crippen LogP contribution in [-0.2, 0) is 11.2 Å². The standard InChI is InChI=1S/C12H21N3O2/c1-8(2)4-5-11-14-12(17-15-11)10-6-9(16-3)7-13-10/h8-10,13H,4-7H2,1-3H3. The van der Waals surface area contributed by atoms with Crippen LogP contribution in [0.2, 0.25) is 0 Å². The molecule has 5 nitrogen and oxygen atoms in total. The van der Waals surface area contributed by atoms with Crippen molar-refractivity contribution in [1.82, 2.24) is 15.5 Å². The van der Waals surface area contributed by atoms with Gasteiger partial charge in [-0.15, -0.1) is 0 Å². The zero-order chi connectivity index (χ0) is 12.3. The molecule has 0 radical (unpaired) electrons. The number of nitrogens with one attached hydrogen (secondary N) is 1. The molecule has 0 spiro atoms. The first-order chi connectivity index (χ1) is 8.19. The smallest absolute Gasteiger partial charge is 0.243 e. The molecule has 1 N–H and O–H groups in total. The monoisotopic (exact) mass is 239 g/mol. The fourth-order valence-corrected chi connectivity index (χ4v) is 2.00. The molecule has 1 aliphatic rings. The molecule has 0 bridgehead atoms. The van der Waals surface area contributed by atoms with Gasteiger partial charge in [-0.2, -0.15) is 4.98 Å². The first-order valence-corrected chi connectivity index (χ1v) is 6.27. The van der Waals surface area contributed by atoms with Gasteiger partial charge in [-0.25, -0.2) is 0 Å². The summed E-state index contributed by atoms with van der Waals surface area (Å²) in [5, 5.41) is 7.35. The minimum atomic E-state index is 0.153. The van der Waals surface area contributed by atoms with E-state index < -0.39 is 0 Å². The van der Waals surface area contributed by atoms with Crippen molar-refractivity contribution in [2.24, 2.45) is 5.92 Å². The molecule has 1 aliphatic heterocycles. The van der Waals surface area contributed by atoms with Crippen molar-refractivity contribution < 1.29 is 9.26 Å². The second-order valence-electron chi connectivity index (χ2n) is 5.04. The van der Waals surface area contributed by atoms with Gasteiger partial charge in [0.05, 0.1) is 12.1 Å². The first kappa shape index (κ1) is 12.5. The van der Waals surface area contributed by atoms with Crippen molar-refractivity contribution in [1.29, 1.82) is 0 Å². The van der Waals surface area contributed by atoms with Gasteiger partial charge in [-0.3, -0.25) is 0 Å². The Bertz CT molecular complexity index is 351. The van der Waals surface area contributed by atoms with Gasteiger partial charge in [-0.1, -0.05) is 19.0 Å². The van der Waals surface area contributed by atoms with Crippen molar-refractivity contribution in [3.63, 3.8) is 0 Å². The fraction of sp³-hybridized carbons (Fsp3) is 0.833. The predicted molar refractivity (Wildman–Crippen MR) is 63.6 cm³/mol. The Morgan fingerprint density at radius 2 is 2.35 bits per heavy atom. The summed E-state index contributed by atoms with van der Waals surface area (Å²) in [4.78, 5) is 4.44. The zero-order valence-corrected chi connectivity index (χ0v) is 10.8. The molecule has 0 aliphatic carbocycles. The second-order valence-corrected chi connectivity index (χ2v) is 5.04. The Balaban J connectivity index is 1.90. The summed E-state index contributed by atoms with van der Waals surface area (Å²) in [7, 11) is 1.73. The summed E-state index contributed by atoms with van der Waals surface area (Å²) in [5.41, 5.74) is 0. The molecule has 5 heteroatoms. The van der Waals surface area contributed by atoms with Gasteiger partial charge in [0.15, 0.2) is 5.82 Å². The van der Waals surface area contributed by atoms with Crippen LogP contribution in [-0.4, -0.2) is 29.9 Å². The van der Waals surface area contributed by atoms with Crippen LogP contribution >= 0.6 is 0 Å². The molecule has 2 rings (SSSR count). The zero-order valence-electron chi connectivity index (χ0n) is 10.8. The van der Waals surface area contributed by atoms with Crippen molar-refractivity contribution in [2.45, 2.75) is 45.3 Å². The molecule has 2 atom stereocenters. The van der Waals surface area contributed by atoms with Crippen LogP contribution in [0.25, 0.3) is 0 Å². The predicted octanol–water partition coefficient (Wildman–Crippen LogP) is 1.71. The molecule has 2 heterocycles. The van der Waals surface area contributed by atoms with Crippen molar-refractivity contribution in [2.75, 3.05) is 13.7 Å². The maximum atomic E-state index is 5.30. The first-order valence-electron chi connectivity index (χ1n) is 6.27. The van der Waals surface area contributed by atoms with Crippen molar-refractivity contribution in [3.05, 3.63) is 11.7 Å². The molecule has 1 saturated heterocycles. The molecule has 1 aromatic rings. The highest BCUT2D eigenvalue weighted by molar-refractivity contribution is 4.97. The number of methoxy groups -OCH3 is 1. The average Bonchev–Trinajstić information content (AvgIpc) is 2.94. The Morgan fingerprint density at radius 3 is 3.00 bits per heavy atom. The molecule has 96 valence electrons. The van der Waals surface area contributed by atoms with Gasteiger partial charge < -0.3 is 14.6 Å². The summed E-state index contributed by atoms with van der Waals surface area (Å²) >= 11 is 0. The van der Waals surface area contributed by atoms with Crippen LogP contribution in [0.15, 0.2) is 4.52 Å². The van der Waals surface area contributed by atoms with Gasteiger partial charge in [0, 0.05) is 20.1 Å². The van der Waals surface area contributed by atoms with Crippen molar-refractivity contribution >= 4 is 0 Å². The van der Waals surface area contributed by atoms with Gasteiger partial charge in [0.25, 0.3) is 0 Å². The lowest BCUT2D eigenvalue weighted by atomic mass is 10.1. The number of hydrogen-bond donors (Lipinski definition) is 1. The molecule has 0 saturated carbocycles. The minimum absolute atomic E-state index is 0.153. The van der Waals surface area contributed by atoms with Gasteiger partial charge in [-0.05, 0) is 18.8 Å². The van der Waals surface area contributed by atoms with E-state index >= 15 is 0 Å². The lowest BCUT2D eigenvalue weighted by Gasteiger charge is -2.04. The number of ether oxygens (including phenoxy) is 1. The summed E-state index contributed by atoms with van der Waals surface area (Å²) in [5.74, 6) is 2.18. The molecular weight excluding hydrogens is 218 g/mol.